The first kappa shape index (κ1) is 13.7. The van der Waals surface area contributed by atoms with Crippen molar-refractivity contribution in [2.24, 2.45) is 5.92 Å². The highest BCUT2D eigenvalue weighted by Gasteiger charge is 2.10. The highest BCUT2D eigenvalue weighted by atomic mass is 35.5. The van der Waals surface area contributed by atoms with Gasteiger partial charge in [-0.05, 0) is 23.9 Å². The van der Waals surface area contributed by atoms with Crippen LogP contribution in [0.5, 0.6) is 0 Å². The number of nitrogens with zero attached hydrogens (tertiary/aromatic N) is 6. The van der Waals surface area contributed by atoms with Gasteiger partial charge in [0, 0.05) is 26.0 Å². The average Bonchev–Trinajstić information content (AvgIpc) is 2.89. The minimum absolute atomic E-state index is 0.185. The van der Waals surface area contributed by atoms with Gasteiger partial charge in [0.2, 0.25) is 17.2 Å². The van der Waals surface area contributed by atoms with E-state index in [1.54, 1.807) is 23.3 Å². The molecule has 0 amide bonds. The number of imidazole rings is 1. The summed E-state index contributed by atoms with van der Waals surface area (Å²) in [4.78, 5) is 18.6. The van der Waals surface area contributed by atoms with Crippen LogP contribution in [0.25, 0.3) is 5.95 Å². The Hall–Kier alpha value is -1.69. The normalized spacial score (nSPS) is 11.0. The van der Waals surface area contributed by atoms with E-state index in [1.807, 2.05) is 11.9 Å². The van der Waals surface area contributed by atoms with Crippen LogP contribution in [0.2, 0.25) is 5.28 Å². The molecule has 0 radical (unpaired) electrons. The van der Waals surface area contributed by atoms with Crippen LogP contribution in [0.1, 0.15) is 20.3 Å². The molecule has 6 nitrogen and oxygen atoms in total. The first-order valence-electron chi connectivity index (χ1n) is 6.17. The molecule has 0 N–H and O–H groups in total. The maximum Gasteiger partial charge on any atom is 0.241 e. The lowest BCUT2D eigenvalue weighted by molar-refractivity contribution is 0.581. The third-order valence-electron chi connectivity index (χ3n) is 2.70. The topological polar surface area (TPSA) is 59.7 Å². The smallest absolute Gasteiger partial charge is 0.241 e. The quantitative estimate of drug-likeness (QED) is 0.840. The minimum Gasteiger partial charge on any atom is -0.344 e. The Morgan fingerprint density at radius 2 is 2.11 bits per heavy atom. The summed E-state index contributed by atoms with van der Waals surface area (Å²) in [6.45, 7) is 5.25. The number of anilines is 1. The van der Waals surface area contributed by atoms with Crippen molar-refractivity contribution in [3.8, 4) is 5.95 Å². The summed E-state index contributed by atoms with van der Waals surface area (Å²) in [5.74, 6) is 1.68. The zero-order chi connectivity index (χ0) is 13.8. The molecular formula is C12H17ClN6. The summed E-state index contributed by atoms with van der Waals surface area (Å²) in [6, 6.07) is 0. The summed E-state index contributed by atoms with van der Waals surface area (Å²) in [6.07, 6.45) is 6.13. The zero-order valence-corrected chi connectivity index (χ0v) is 12.0. The fourth-order valence-electron chi connectivity index (χ4n) is 1.54. The molecule has 2 aromatic rings. The van der Waals surface area contributed by atoms with E-state index in [0.29, 0.717) is 17.8 Å². The van der Waals surface area contributed by atoms with Gasteiger partial charge in [-0.15, -0.1) is 0 Å². The maximum absolute atomic E-state index is 5.95. The zero-order valence-electron chi connectivity index (χ0n) is 11.3. The van der Waals surface area contributed by atoms with Gasteiger partial charge < -0.3 is 4.90 Å². The van der Waals surface area contributed by atoms with E-state index in [2.05, 4.69) is 33.8 Å². The lowest BCUT2D eigenvalue weighted by Crippen LogP contribution is -2.23. The third kappa shape index (κ3) is 3.64. The molecule has 2 rings (SSSR count). The van der Waals surface area contributed by atoms with Crippen molar-refractivity contribution >= 4 is 17.5 Å². The van der Waals surface area contributed by atoms with Gasteiger partial charge in [0.1, 0.15) is 6.33 Å². The molecule has 0 saturated heterocycles. The molecule has 2 aromatic heterocycles. The van der Waals surface area contributed by atoms with Crippen LogP contribution >= 0.6 is 11.6 Å². The van der Waals surface area contributed by atoms with Gasteiger partial charge in [0.05, 0.1) is 0 Å². The van der Waals surface area contributed by atoms with E-state index in [1.165, 1.54) is 0 Å². The van der Waals surface area contributed by atoms with E-state index in [-0.39, 0.29) is 5.28 Å². The van der Waals surface area contributed by atoms with Crippen LogP contribution < -0.4 is 4.90 Å². The molecule has 0 saturated carbocycles. The third-order valence-corrected chi connectivity index (χ3v) is 2.87. The average molecular weight is 281 g/mol. The minimum atomic E-state index is 0.185. The summed E-state index contributed by atoms with van der Waals surface area (Å²) >= 11 is 5.95. The fraction of sp³-hybridized carbons (Fsp3) is 0.500. The summed E-state index contributed by atoms with van der Waals surface area (Å²) < 4.78 is 1.70. The monoisotopic (exact) mass is 280 g/mol. The Labute approximate surface area is 117 Å². The molecule has 0 atom stereocenters. The second kappa shape index (κ2) is 5.97. The number of hydrogen-bond donors (Lipinski definition) is 0. The van der Waals surface area contributed by atoms with Gasteiger partial charge in [-0.25, -0.2) is 4.98 Å². The first-order chi connectivity index (χ1) is 9.06. The molecule has 0 fully saturated rings. The van der Waals surface area contributed by atoms with Crippen LogP contribution in [0.3, 0.4) is 0 Å². The second-order valence-corrected chi connectivity index (χ2v) is 5.12. The molecule has 0 spiro atoms. The van der Waals surface area contributed by atoms with Gasteiger partial charge in [-0.1, -0.05) is 13.8 Å². The summed E-state index contributed by atoms with van der Waals surface area (Å²) in [5, 5.41) is 0.185. The van der Waals surface area contributed by atoms with E-state index in [9.17, 15) is 0 Å². The number of rotatable bonds is 5. The Morgan fingerprint density at radius 1 is 1.32 bits per heavy atom. The van der Waals surface area contributed by atoms with Gasteiger partial charge in [0.25, 0.3) is 0 Å². The summed E-state index contributed by atoms with van der Waals surface area (Å²) in [5.41, 5.74) is 0. The molecule has 0 aromatic carbocycles. The van der Waals surface area contributed by atoms with Crippen molar-refractivity contribution < 1.29 is 0 Å². The van der Waals surface area contributed by atoms with Crippen LogP contribution in [0.15, 0.2) is 18.7 Å². The molecular weight excluding hydrogens is 264 g/mol. The Kier molecular flexibility index (Phi) is 4.31. The van der Waals surface area contributed by atoms with Crippen LogP contribution in [0, 0.1) is 5.92 Å². The largest absolute Gasteiger partial charge is 0.344 e. The number of aromatic nitrogens is 5. The van der Waals surface area contributed by atoms with Gasteiger partial charge in [-0.2, -0.15) is 15.0 Å². The fourth-order valence-corrected chi connectivity index (χ4v) is 1.70. The molecule has 0 aliphatic rings. The van der Waals surface area contributed by atoms with E-state index < -0.39 is 0 Å². The van der Waals surface area contributed by atoms with E-state index in [4.69, 9.17) is 11.6 Å². The predicted molar refractivity (Wildman–Crippen MR) is 74.7 cm³/mol. The predicted octanol–water partition coefficient (Wildman–Crippen LogP) is 2.19. The van der Waals surface area contributed by atoms with Crippen molar-refractivity contribution in [1.82, 2.24) is 24.5 Å². The van der Waals surface area contributed by atoms with Crippen molar-refractivity contribution in [2.75, 3.05) is 18.5 Å². The van der Waals surface area contributed by atoms with Crippen LogP contribution in [0.4, 0.5) is 5.95 Å². The molecule has 0 unspecified atom stereocenters. The van der Waals surface area contributed by atoms with E-state index >= 15 is 0 Å². The van der Waals surface area contributed by atoms with Crippen molar-refractivity contribution in [1.29, 1.82) is 0 Å². The molecule has 0 bridgehead atoms. The number of halogens is 1. The molecule has 0 aliphatic carbocycles. The van der Waals surface area contributed by atoms with E-state index in [0.717, 1.165) is 13.0 Å². The van der Waals surface area contributed by atoms with Gasteiger partial charge in [-0.3, -0.25) is 4.57 Å². The molecule has 0 aliphatic heterocycles. The van der Waals surface area contributed by atoms with Crippen molar-refractivity contribution in [2.45, 2.75) is 20.3 Å². The molecule has 19 heavy (non-hydrogen) atoms. The van der Waals surface area contributed by atoms with Crippen LogP contribution in [-0.2, 0) is 0 Å². The lowest BCUT2D eigenvalue weighted by Gasteiger charge is -2.18. The lowest BCUT2D eigenvalue weighted by atomic mass is 10.1. The van der Waals surface area contributed by atoms with Crippen LogP contribution in [-0.4, -0.2) is 38.1 Å². The molecule has 7 heteroatoms. The second-order valence-electron chi connectivity index (χ2n) is 4.78. The Bertz CT molecular complexity index is 525. The SMILES string of the molecule is CC(C)CCN(C)c1nc(Cl)nc(-n2ccnc2)n1. The first-order valence-corrected chi connectivity index (χ1v) is 6.55. The maximum atomic E-state index is 5.95. The highest BCUT2D eigenvalue weighted by Crippen LogP contribution is 2.13. The Balaban J connectivity index is 2.21. The Morgan fingerprint density at radius 3 is 2.74 bits per heavy atom. The highest BCUT2D eigenvalue weighted by molar-refractivity contribution is 6.28. The molecule has 102 valence electrons. The van der Waals surface area contributed by atoms with Gasteiger partial charge in [0.15, 0.2) is 0 Å². The summed E-state index contributed by atoms with van der Waals surface area (Å²) in [7, 11) is 1.95. The van der Waals surface area contributed by atoms with Gasteiger partial charge >= 0.3 is 0 Å². The van der Waals surface area contributed by atoms with Crippen molar-refractivity contribution in [3.05, 3.63) is 24.0 Å². The van der Waals surface area contributed by atoms with Crippen molar-refractivity contribution in [3.63, 3.8) is 0 Å². The number of hydrogen-bond acceptors (Lipinski definition) is 5. The molecule has 2 heterocycles. The standard InChI is InChI=1S/C12H17ClN6/c1-9(2)4-6-18(3)11-15-10(13)16-12(17-11)19-7-5-14-8-19/h5,7-9H,4,6H2,1-3H3.